The Labute approximate surface area is 84.3 Å². The van der Waals surface area contributed by atoms with Crippen LogP contribution in [0.5, 0.6) is 0 Å². The van der Waals surface area contributed by atoms with Gasteiger partial charge in [-0.1, -0.05) is 11.2 Å². The third-order valence-corrected chi connectivity index (χ3v) is 1.84. The van der Waals surface area contributed by atoms with Gasteiger partial charge < -0.3 is 15.4 Å². The summed E-state index contributed by atoms with van der Waals surface area (Å²) in [6.45, 7) is 0. The molecule has 3 N–H and O–H groups in total. The number of nitrogens with two attached hydrogens (primary N) is 1. The van der Waals surface area contributed by atoms with Crippen LogP contribution in [0.2, 0.25) is 0 Å². The van der Waals surface area contributed by atoms with Gasteiger partial charge in [-0.3, -0.25) is 4.98 Å². The number of aromatic carboxylic acids is 1. The van der Waals surface area contributed by atoms with Gasteiger partial charge in [0.05, 0.1) is 5.69 Å². The van der Waals surface area contributed by atoms with Crippen LogP contribution in [0.1, 0.15) is 10.4 Å². The van der Waals surface area contributed by atoms with E-state index in [4.69, 9.17) is 10.8 Å². The van der Waals surface area contributed by atoms with E-state index in [9.17, 15) is 4.79 Å². The van der Waals surface area contributed by atoms with E-state index in [1.165, 1.54) is 6.20 Å². The Bertz CT molecular complexity index is 493. The van der Waals surface area contributed by atoms with Crippen LogP contribution in [0.4, 0.5) is 5.88 Å². The summed E-state index contributed by atoms with van der Waals surface area (Å²) in [7, 11) is 0. The highest BCUT2D eigenvalue weighted by Gasteiger charge is 2.22. The van der Waals surface area contributed by atoms with Crippen LogP contribution in [0.25, 0.3) is 11.4 Å². The van der Waals surface area contributed by atoms with E-state index in [1.807, 2.05) is 0 Å². The maximum atomic E-state index is 10.9. The smallest absolute Gasteiger partial charge is 0.343 e. The Hall–Kier alpha value is -2.37. The van der Waals surface area contributed by atoms with E-state index in [1.54, 1.807) is 18.2 Å². The fourth-order valence-electron chi connectivity index (χ4n) is 1.19. The quantitative estimate of drug-likeness (QED) is 0.758. The average molecular weight is 205 g/mol. The van der Waals surface area contributed by atoms with Crippen LogP contribution in [0, 0.1) is 0 Å². The molecule has 0 aliphatic heterocycles. The highest BCUT2D eigenvalue weighted by atomic mass is 16.5. The molecule has 76 valence electrons. The first-order chi connectivity index (χ1) is 7.20. The van der Waals surface area contributed by atoms with Crippen molar-refractivity contribution in [3.63, 3.8) is 0 Å². The lowest BCUT2D eigenvalue weighted by atomic mass is 10.2. The molecule has 0 amide bonds. The second-order valence-corrected chi connectivity index (χ2v) is 2.79. The van der Waals surface area contributed by atoms with E-state index in [2.05, 4.69) is 14.7 Å². The molecule has 0 aliphatic rings. The van der Waals surface area contributed by atoms with Crippen LogP contribution in [0.3, 0.4) is 0 Å². The molecule has 2 aromatic heterocycles. The number of aromatic nitrogens is 2. The van der Waals surface area contributed by atoms with Gasteiger partial charge in [0, 0.05) is 6.20 Å². The highest BCUT2D eigenvalue weighted by molar-refractivity contribution is 5.98. The molecule has 6 nitrogen and oxygen atoms in total. The van der Waals surface area contributed by atoms with Gasteiger partial charge in [-0.15, -0.1) is 0 Å². The van der Waals surface area contributed by atoms with E-state index in [0.717, 1.165) is 0 Å². The summed E-state index contributed by atoms with van der Waals surface area (Å²) in [6.07, 6.45) is 1.53. The zero-order valence-electron chi connectivity index (χ0n) is 7.54. The van der Waals surface area contributed by atoms with Gasteiger partial charge in [0.2, 0.25) is 5.88 Å². The number of carboxylic acids is 1. The predicted molar refractivity (Wildman–Crippen MR) is 51.1 cm³/mol. The lowest BCUT2D eigenvalue weighted by Gasteiger charge is -1.95. The molecule has 0 spiro atoms. The molecule has 0 saturated heterocycles. The van der Waals surface area contributed by atoms with Crippen molar-refractivity contribution < 1.29 is 14.4 Å². The van der Waals surface area contributed by atoms with E-state index in [0.29, 0.717) is 5.69 Å². The van der Waals surface area contributed by atoms with Gasteiger partial charge in [0.25, 0.3) is 0 Å². The number of carbonyl (C=O) groups is 1. The summed E-state index contributed by atoms with van der Waals surface area (Å²) in [5.74, 6) is -1.41. The van der Waals surface area contributed by atoms with Gasteiger partial charge in [0.1, 0.15) is 5.69 Å². The number of rotatable bonds is 2. The first-order valence-electron chi connectivity index (χ1n) is 4.10. The van der Waals surface area contributed by atoms with E-state index in [-0.39, 0.29) is 17.1 Å². The number of hydrogen-bond donors (Lipinski definition) is 2. The maximum Gasteiger partial charge on any atom is 0.343 e. The van der Waals surface area contributed by atoms with Crippen LogP contribution in [-0.4, -0.2) is 21.2 Å². The standard InChI is InChI=1S/C9H7N3O3/c10-8-6(9(13)14)7(12-15-8)5-3-1-2-4-11-5/h1-4H,10H2,(H,13,14). The monoisotopic (exact) mass is 205 g/mol. The van der Waals surface area contributed by atoms with Gasteiger partial charge >= 0.3 is 5.97 Å². The van der Waals surface area contributed by atoms with Crippen molar-refractivity contribution in [2.75, 3.05) is 5.73 Å². The number of nitrogen functional groups attached to an aromatic ring is 1. The number of carboxylic acid groups (broad SMARTS) is 1. The van der Waals surface area contributed by atoms with Crippen molar-refractivity contribution in [3.05, 3.63) is 30.0 Å². The molecule has 0 bridgehead atoms. The molecular weight excluding hydrogens is 198 g/mol. The summed E-state index contributed by atoms with van der Waals surface area (Å²) in [4.78, 5) is 14.8. The molecule has 15 heavy (non-hydrogen) atoms. The average Bonchev–Trinajstić information content (AvgIpc) is 2.61. The highest BCUT2D eigenvalue weighted by Crippen LogP contribution is 2.24. The maximum absolute atomic E-state index is 10.9. The first kappa shape index (κ1) is 9.20. The third-order valence-electron chi connectivity index (χ3n) is 1.84. The van der Waals surface area contributed by atoms with Gasteiger partial charge in [-0.2, -0.15) is 0 Å². The minimum atomic E-state index is -1.19. The number of anilines is 1. The van der Waals surface area contributed by atoms with Crippen LogP contribution < -0.4 is 5.73 Å². The Morgan fingerprint density at radius 1 is 1.47 bits per heavy atom. The molecule has 0 fully saturated rings. The molecule has 0 radical (unpaired) electrons. The van der Waals surface area contributed by atoms with Crippen LogP contribution in [-0.2, 0) is 0 Å². The summed E-state index contributed by atoms with van der Waals surface area (Å²) in [5.41, 5.74) is 5.74. The van der Waals surface area contributed by atoms with Gasteiger partial charge in [0.15, 0.2) is 5.56 Å². The van der Waals surface area contributed by atoms with Crippen LogP contribution in [0.15, 0.2) is 28.9 Å². The predicted octanol–water partition coefficient (Wildman–Crippen LogP) is 1.02. The Balaban J connectivity index is 2.59. The SMILES string of the molecule is Nc1onc(-c2ccccn2)c1C(=O)O. The number of nitrogens with zero attached hydrogens (tertiary/aromatic N) is 2. The van der Waals surface area contributed by atoms with E-state index >= 15 is 0 Å². The third kappa shape index (κ3) is 1.52. The summed E-state index contributed by atoms with van der Waals surface area (Å²) >= 11 is 0. The molecule has 6 heteroatoms. The zero-order valence-corrected chi connectivity index (χ0v) is 7.54. The summed E-state index contributed by atoms with van der Waals surface area (Å²) in [5, 5.41) is 12.5. The Kier molecular flexibility index (Phi) is 2.09. The lowest BCUT2D eigenvalue weighted by Crippen LogP contribution is -2.01. The molecule has 2 heterocycles. The Morgan fingerprint density at radius 2 is 2.27 bits per heavy atom. The molecule has 0 saturated carbocycles. The van der Waals surface area contributed by atoms with Gasteiger partial charge in [-0.05, 0) is 12.1 Å². The fraction of sp³-hybridized carbons (Fsp3) is 0. The topological polar surface area (TPSA) is 102 Å². The van der Waals surface area contributed by atoms with Crippen molar-refractivity contribution in [2.24, 2.45) is 0 Å². The van der Waals surface area contributed by atoms with Gasteiger partial charge in [-0.25, -0.2) is 4.79 Å². The second kappa shape index (κ2) is 3.41. The largest absolute Gasteiger partial charge is 0.477 e. The normalized spacial score (nSPS) is 10.1. The minimum Gasteiger partial charge on any atom is -0.477 e. The molecule has 0 atom stereocenters. The van der Waals surface area contributed by atoms with Crippen LogP contribution >= 0.6 is 0 Å². The molecular formula is C9H7N3O3. The van der Waals surface area contributed by atoms with Crippen molar-refractivity contribution in [3.8, 4) is 11.4 Å². The number of pyridine rings is 1. The molecule has 0 unspecified atom stereocenters. The minimum absolute atomic E-state index is 0.139. The fourth-order valence-corrected chi connectivity index (χ4v) is 1.19. The van der Waals surface area contributed by atoms with Crippen molar-refractivity contribution >= 4 is 11.9 Å². The second-order valence-electron chi connectivity index (χ2n) is 2.79. The van der Waals surface area contributed by atoms with E-state index < -0.39 is 5.97 Å². The van der Waals surface area contributed by atoms with Crippen molar-refractivity contribution in [1.82, 2.24) is 10.1 Å². The molecule has 0 aromatic carbocycles. The van der Waals surface area contributed by atoms with Crippen molar-refractivity contribution in [2.45, 2.75) is 0 Å². The zero-order chi connectivity index (χ0) is 10.8. The summed E-state index contributed by atoms with van der Waals surface area (Å²) < 4.78 is 4.62. The van der Waals surface area contributed by atoms with Crippen molar-refractivity contribution in [1.29, 1.82) is 0 Å². The Morgan fingerprint density at radius 3 is 2.87 bits per heavy atom. The summed E-state index contributed by atoms with van der Waals surface area (Å²) in [6, 6.07) is 5.07. The number of hydrogen-bond acceptors (Lipinski definition) is 5. The first-order valence-corrected chi connectivity index (χ1v) is 4.10. The lowest BCUT2D eigenvalue weighted by molar-refractivity contribution is 0.0698. The molecule has 0 aliphatic carbocycles. The molecule has 2 aromatic rings. The molecule has 2 rings (SSSR count).